The molecule has 1 aromatic carbocycles. The molecular formula is C23H39IN4O2. The monoisotopic (exact) mass is 530 g/mol. The van der Waals surface area contributed by atoms with Crippen molar-refractivity contribution in [3.63, 3.8) is 0 Å². The Labute approximate surface area is 199 Å². The van der Waals surface area contributed by atoms with Crippen LogP contribution in [0.4, 0.5) is 0 Å². The van der Waals surface area contributed by atoms with Gasteiger partial charge in [-0.2, -0.15) is 0 Å². The number of rotatable bonds is 7. The average molecular weight is 530 g/mol. The van der Waals surface area contributed by atoms with Gasteiger partial charge < -0.3 is 20.1 Å². The average Bonchev–Trinajstić information content (AvgIpc) is 3.23. The SMILES string of the molecule is CN=C(NCc1ccc(C)cc1OC1CCOC1)NCC(C)N1CCC(C)CC1.I. The number of hydrogen-bond acceptors (Lipinski definition) is 4. The highest BCUT2D eigenvalue weighted by molar-refractivity contribution is 14.0. The zero-order valence-electron chi connectivity index (χ0n) is 18.9. The smallest absolute Gasteiger partial charge is 0.191 e. The maximum Gasteiger partial charge on any atom is 0.191 e. The predicted octanol–water partition coefficient (Wildman–Crippen LogP) is 3.57. The van der Waals surface area contributed by atoms with Gasteiger partial charge in [0.1, 0.15) is 11.9 Å². The lowest BCUT2D eigenvalue weighted by atomic mass is 9.98. The minimum atomic E-state index is 0. The molecule has 2 N–H and O–H groups in total. The van der Waals surface area contributed by atoms with Gasteiger partial charge >= 0.3 is 0 Å². The Balaban J connectivity index is 0.00000320. The van der Waals surface area contributed by atoms with Gasteiger partial charge in [0.25, 0.3) is 0 Å². The molecule has 2 heterocycles. The van der Waals surface area contributed by atoms with Crippen LogP contribution in [-0.4, -0.2) is 62.9 Å². The molecule has 0 bridgehead atoms. The second-order valence-corrected chi connectivity index (χ2v) is 8.59. The molecule has 3 rings (SSSR count). The number of aliphatic imine (C=N–C) groups is 1. The van der Waals surface area contributed by atoms with E-state index in [0.29, 0.717) is 19.2 Å². The van der Waals surface area contributed by atoms with Crippen molar-refractivity contribution in [2.75, 3.05) is 39.9 Å². The Hall–Kier alpha value is -1.06. The molecule has 2 unspecified atom stereocenters. The van der Waals surface area contributed by atoms with Crippen LogP contribution in [0.15, 0.2) is 23.2 Å². The highest BCUT2D eigenvalue weighted by Gasteiger charge is 2.21. The molecule has 2 fully saturated rings. The van der Waals surface area contributed by atoms with Crippen molar-refractivity contribution in [3.05, 3.63) is 29.3 Å². The third-order valence-corrected chi connectivity index (χ3v) is 6.08. The summed E-state index contributed by atoms with van der Waals surface area (Å²) in [6.45, 7) is 12.2. The zero-order chi connectivity index (χ0) is 20.6. The first-order chi connectivity index (χ1) is 14.0. The number of benzene rings is 1. The van der Waals surface area contributed by atoms with E-state index in [0.717, 1.165) is 42.8 Å². The van der Waals surface area contributed by atoms with E-state index < -0.39 is 0 Å². The van der Waals surface area contributed by atoms with E-state index in [4.69, 9.17) is 9.47 Å². The number of halogens is 1. The molecule has 0 saturated carbocycles. The number of aryl methyl sites for hydroxylation is 1. The summed E-state index contributed by atoms with van der Waals surface area (Å²) >= 11 is 0. The summed E-state index contributed by atoms with van der Waals surface area (Å²) in [6.07, 6.45) is 3.72. The number of guanidine groups is 1. The molecule has 2 saturated heterocycles. The quantitative estimate of drug-likeness (QED) is 0.321. The fourth-order valence-electron chi connectivity index (χ4n) is 3.95. The van der Waals surface area contributed by atoms with Crippen LogP contribution >= 0.6 is 24.0 Å². The second-order valence-electron chi connectivity index (χ2n) is 8.59. The van der Waals surface area contributed by atoms with Crippen LogP contribution < -0.4 is 15.4 Å². The normalized spacial score (nSPS) is 21.7. The van der Waals surface area contributed by atoms with E-state index in [9.17, 15) is 0 Å². The van der Waals surface area contributed by atoms with Crippen molar-refractivity contribution in [2.45, 2.75) is 58.7 Å². The number of nitrogens with one attached hydrogen (secondary N) is 2. The van der Waals surface area contributed by atoms with Gasteiger partial charge in [-0.15, -0.1) is 24.0 Å². The number of nitrogens with zero attached hydrogens (tertiary/aromatic N) is 2. The first kappa shape index (κ1) is 25.2. The van der Waals surface area contributed by atoms with E-state index in [1.165, 1.54) is 31.5 Å². The lowest BCUT2D eigenvalue weighted by Crippen LogP contribution is -2.48. The molecule has 2 aliphatic heterocycles. The van der Waals surface area contributed by atoms with Crippen molar-refractivity contribution in [2.24, 2.45) is 10.9 Å². The Kier molecular flexibility index (Phi) is 10.7. The predicted molar refractivity (Wildman–Crippen MR) is 134 cm³/mol. The highest BCUT2D eigenvalue weighted by atomic mass is 127. The maximum atomic E-state index is 6.21. The molecule has 0 aromatic heterocycles. The van der Waals surface area contributed by atoms with Crippen molar-refractivity contribution >= 4 is 29.9 Å². The van der Waals surface area contributed by atoms with Crippen molar-refractivity contribution in [1.82, 2.24) is 15.5 Å². The lowest BCUT2D eigenvalue weighted by molar-refractivity contribution is 0.140. The summed E-state index contributed by atoms with van der Waals surface area (Å²) in [5.74, 6) is 2.64. The third-order valence-electron chi connectivity index (χ3n) is 6.08. The molecule has 0 amide bonds. The fraction of sp³-hybridized carbons (Fsp3) is 0.696. The molecule has 7 heteroatoms. The summed E-state index contributed by atoms with van der Waals surface area (Å²) in [7, 11) is 1.82. The van der Waals surface area contributed by atoms with Gasteiger partial charge in [-0.05, 0) is 57.3 Å². The van der Waals surface area contributed by atoms with Gasteiger partial charge in [0.15, 0.2) is 5.96 Å². The molecular weight excluding hydrogens is 491 g/mol. The molecule has 1 aromatic rings. The minimum Gasteiger partial charge on any atom is -0.488 e. The number of hydrogen-bond donors (Lipinski definition) is 2. The summed E-state index contributed by atoms with van der Waals surface area (Å²) < 4.78 is 11.7. The van der Waals surface area contributed by atoms with E-state index in [-0.39, 0.29) is 30.1 Å². The largest absolute Gasteiger partial charge is 0.488 e. The Morgan fingerprint density at radius 1 is 1.27 bits per heavy atom. The van der Waals surface area contributed by atoms with Crippen molar-refractivity contribution in [3.8, 4) is 5.75 Å². The Morgan fingerprint density at radius 2 is 2.03 bits per heavy atom. The molecule has 30 heavy (non-hydrogen) atoms. The number of piperidine rings is 1. The fourth-order valence-corrected chi connectivity index (χ4v) is 3.95. The molecule has 0 radical (unpaired) electrons. The second kappa shape index (κ2) is 12.7. The molecule has 2 aliphatic rings. The van der Waals surface area contributed by atoms with Crippen LogP contribution in [-0.2, 0) is 11.3 Å². The van der Waals surface area contributed by atoms with Crippen LogP contribution in [0, 0.1) is 12.8 Å². The van der Waals surface area contributed by atoms with Crippen LogP contribution in [0.2, 0.25) is 0 Å². The molecule has 2 atom stereocenters. The van der Waals surface area contributed by atoms with Gasteiger partial charge in [0.2, 0.25) is 0 Å². The first-order valence-electron chi connectivity index (χ1n) is 11.1. The van der Waals surface area contributed by atoms with Crippen molar-refractivity contribution < 1.29 is 9.47 Å². The Bertz CT molecular complexity index is 671. The zero-order valence-corrected chi connectivity index (χ0v) is 21.3. The van der Waals surface area contributed by atoms with E-state index in [2.05, 4.69) is 59.5 Å². The van der Waals surface area contributed by atoms with Gasteiger partial charge in [-0.1, -0.05) is 19.1 Å². The summed E-state index contributed by atoms with van der Waals surface area (Å²) in [6, 6.07) is 6.88. The minimum absolute atomic E-state index is 0. The van der Waals surface area contributed by atoms with Gasteiger partial charge in [-0.3, -0.25) is 9.89 Å². The van der Waals surface area contributed by atoms with Gasteiger partial charge in [0, 0.05) is 38.2 Å². The summed E-state index contributed by atoms with van der Waals surface area (Å²) in [4.78, 5) is 6.98. The molecule has 6 nitrogen and oxygen atoms in total. The van der Waals surface area contributed by atoms with Crippen LogP contribution in [0.3, 0.4) is 0 Å². The maximum absolute atomic E-state index is 6.21. The molecule has 0 spiro atoms. The van der Waals surface area contributed by atoms with Crippen LogP contribution in [0.1, 0.15) is 44.2 Å². The number of ether oxygens (including phenoxy) is 2. The number of likely N-dealkylation sites (tertiary alicyclic amines) is 1. The van der Waals surface area contributed by atoms with E-state index in [1.54, 1.807) is 0 Å². The summed E-state index contributed by atoms with van der Waals surface area (Å²) in [5.41, 5.74) is 2.35. The highest BCUT2D eigenvalue weighted by Crippen LogP contribution is 2.24. The standard InChI is InChI=1S/C23H38N4O2.HI/c1-17-7-10-27(11-8-17)19(3)14-25-23(24-4)26-15-20-6-5-18(2)13-22(20)29-21-9-12-28-16-21;/h5-6,13,17,19,21H,7-12,14-16H2,1-4H3,(H2,24,25,26);1H. The molecule has 0 aliphatic carbocycles. The van der Waals surface area contributed by atoms with Crippen LogP contribution in [0.25, 0.3) is 0 Å². The summed E-state index contributed by atoms with van der Waals surface area (Å²) in [5, 5.41) is 6.93. The van der Waals surface area contributed by atoms with Gasteiger partial charge in [0.05, 0.1) is 13.2 Å². The topological polar surface area (TPSA) is 58.1 Å². The van der Waals surface area contributed by atoms with Crippen molar-refractivity contribution in [1.29, 1.82) is 0 Å². The third kappa shape index (κ3) is 7.57. The van der Waals surface area contributed by atoms with Crippen LogP contribution in [0.5, 0.6) is 5.75 Å². The first-order valence-corrected chi connectivity index (χ1v) is 11.1. The Morgan fingerprint density at radius 3 is 2.70 bits per heavy atom. The lowest BCUT2D eigenvalue weighted by Gasteiger charge is -2.35. The van der Waals surface area contributed by atoms with Gasteiger partial charge in [-0.25, -0.2) is 0 Å². The van der Waals surface area contributed by atoms with E-state index in [1.807, 2.05) is 7.05 Å². The molecule has 170 valence electrons. The van der Waals surface area contributed by atoms with E-state index >= 15 is 0 Å².